The largest absolute Gasteiger partial charge is 0.507 e. The summed E-state index contributed by atoms with van der Waals surface area (Å²) in [7, 11) is 0. The Morgan fingerprint density at radius 1 is 1.43 bits per heavy atom. The van der Waals surface area contributed by atoms with Crippen LogP contribution in [-0.2, 0) is 19.5 Å². The summed E-state index contributed by atoms with van der Waals surface area (Å²) >= 11 is 0. The van der Waals surface area contributed by atoms with Crippen molar-refractivity contribution in [2.75, 3.05) is 0 Å². The fourth-order valence-electron chi connectivity index (χ4n) is 0.814. The maximum Gasteiger partial charge on any atom is 0.339 e. The topological polar surface area (TPSA) is 101 Å². The number of phenols is 1. The molecule has 0 saturated carbocycles. The van der Waals surface area contributed by atoms with Gasteiger partial charge in [-0.25, -0.2) is 4.79 Å². The monoisotopic (exact) mass is 247 g/mol. The fourth-order valence-corrected chi connectivity index (χ4v) is 0.814. The first kappa shape index (κ1) is 12.5. The molecule has 70 valence electrons. The van der Waals surface area contributed by atoms with Crippen LogP contribution in [0.2, 0.25) is 0 Å². The average Bonchev–Trinajstić information content (AvgIpc) is 2.03. The van der Waals surface area contributed by atoms with E-state index in [1.807, 2.05) is 0 Å². The van der Waals surface area contributed by atoms with Gasteiger partial charge in [0.2, 0.25) is 0 Å². The second-order valence-electron chi connectivity index (χ2n) is 2.26. The second-order valence-corrected chi connectivity index (χ2v) is 2.26. The van der Waals surface area contributed by atoms with Crippen molar-refractivity contribution in [3.8, 4) is 5.75 Å². The Bertz CT molecular complexity index is 378. The number of nitro benzene ring substituents is 1. The van der Waals surface area contributed by atoms with Crippen LogP contribution in [0.15, 0.2) is 18.2 Å². The number of hydrogen-bond acceptors (Lipinski definition) is 4. The molecule has 7 heteroatoms. The molecule has 0 atom stereocenters. The van der Waals surface area contributed by atoms with Gasteiger partial charge in [0.25, 0.3) is 5.69 Å². The fraction of sp³-hybridized carbons (Fsp3) is 0. The molecule has 6 nitrogen and oxygen atoms in total. The average molecular weight is 249 g/mol. The number of nitro groups is 1. The summed E-state index contributed by atoms with van der Waals surface area (Å²) < 4.78 is 0. The van der Waals surface area contributed by atoms with Crippen molar-refractivity contribution < 1.29 is 39.4 Å². The number of hydrogen-bond donors (Lipinski definition) is 2. The number of carboxylic acid groups (broad SMARTS) is 1. The molecule has 1 aromatic carbocycles. The van der Waals surface area contributed by atoms with E-state index < -0.39 is 16.6 Å². The molecule has 2 N–H and O–H groups in total. The molecule has 1 aromatic rings. The second kappa shape index (κ2) is 4.67. The van der Waals surface area contributed by atoms with Gasteiger partial charge in [-0.3, -0.25) is 10.1 Å². The van der Waals surface area contributed by atoms with E-state index in [0.717, 1.165) is 18.2 Å². The normalized spacial score (nSPS) is 8.86. The van der Waals surface area contributed by atoms with Crippen LogP contribution >= 0.6 is 0 Å². The zero-order valence-corrected chi connectivity index (χ0v) is 9.97. The maximum absolute atomic E-state index is 10.4. The number of rotatable bonds is 2. The van der Waals surface area contributed by atoms with E-state index in [4.69, 9.17) is 10.2 Å². The Kier molecular flexibility index (Phi) is 4.17. The van der Waals surface area contributed by atoms with E-state index in [0.29, 0.717) is 0 Å². The Hall–Kier alpha value is -1.49. The van der Waals surface area contributed by atoms with Crippen molar-refractivity contribution >= 4 is 11.7 Å². The third-order valence-corrected chi connectivity index (χ3v) is 1.42. The number of carbonyl (C=O) groups is 1. The SMILES string of the molecule is O=C(O)c1ccc([N+](=O)[O-])cc1O.[Zn]. The summed E-state index contributed by atoms with van der Waals surface area (Å²) in [5.41, 5.74) is -0.701. The van der Waals surface area contributed by atoms with Crippen molar-refractivity contribution in [2.24, 2.45) is 0 Å². The van der Waals surface area contributed by atoms with Gasteiger partial charge >= 0.3 is 5.97 Å². The first-order valence-corrected chi connectivity index (χ1v) is 3.23. The van der Waals surface area contributed by atoms with Crippen LogP contribution in [-0.4, -0.2) is 21.1 Å². The van der Waals surface area contributed by atoms with E-state index in [1.165, 1.54) is 0 Å². The molecule has 14 heavy (non-hydrogen) atoms. The molecule has 0 fully saturated rings. The number of aromatic hydroxyl groups is 1. The molecule has 0 aliphatic heterocycles. The van der Waals surface area contributed by atoms with Gasteiger partial charge in [0, 0.05) is 25.5 Å². The molecule has 0 amide bonds. The van der Waals surface area contributed by atoms with E-state index in [-0.39, 0.29) is 30.7 Å². The Morgan fingerprint density at radius 3 is 2.36 bits per heavy atom. The summed E-state index contributed by atoms with van der Waals surface area (Å²) in [6.45, 7) is 0. The molecule has 1 rings (SSSR count). The van der Waals surface area contributed by atoms with Crippen LogP contribution in [0.1, 0.15) is 10.4 Å². The predicted octanol–water partition coefficient (Wildman–Crippen LogP) is 0.996. The van der Waals surface area contributed by atoms with Crippen LogP contribution in [0.5, 0.6) is 5.75 Å². The van der Waals surface area contributed by atoms with Gasteiger partial charge < -0.3 is 10.2 Å². The zero-order chi connectivity index (χ0) is 10.0. The standard InChI is InChI=1S/C7H5NO5.Zn/c9-6-3-4(8(12)13)1-2-5(6)7(10)11;/h1-3,9H,(H,10,11);. The summed E-state index contributed by atoms with van der Waals surface area (Å²) in [5.74, 6) is -1.94. The summed E-state index contributed by atoms with van der Waals surface area (Å²) in [5, 5.41) is 27.7. The smallest absolute Gasteiger partial charge is 0.339 e. The number of benzene rings is 1. The molecule has 0 aliphatic rings. The quantitative estimate of drug-likeness (QED) is 0.462. The Labute approximate surface area is 91.1 Å². The molecule has 0 aromatic heterocycles. The first-order chi connectivity index (χ1) is 6.02. The van der Waals surface area contributed by atoms with Crippen LogP contribution < -0.4 is 0 Å². The van der Waals surface area contributed by atoms with Crippen molar-refractivity contribution in [3.05, 3.63) is 33.9 Å². The molecule has 0 heterocycles. The Balaban J connectivity index is 0.00000169. The van der Waals surface area contributed by atoms with E-state index in [2.05, 4.69) is 0 Å². The number of aromatic carboxylic acids is 1. The van der Waals surface area contributed by atoms with Gasteiger partial charge in [-0.2, -0.15) is 0 Å². The maximum atomic E-state index is 10.4. The van der Waals surface area contributed by atoms with Crippen LogP contribution in [0.4, 0.5) is 5.69 Å². The van der Waals surface area contributed by atoms with Crippen molar-refractivity contribution in [1.29, 1.82) is 0 Å². The number of nitrogens with zero attached hydrogens (tertiary/aromatic N) is 1. The van der Waals surface area contributed by atoms with Crippen molar-refractivity contribution in [2.45, 2.75) is 0 Å². The van der Waals surface area contributed by atoms with E-state index in [1.54, 1.807) is 0 Å². The van der Waals surface area contributed by atoms with E-state index >= 15 is 0 Å². The minimum absolute atomic E-state index is 0. The van der Waals surface area contributed by atoms with Crippen molar-refractivity contribution in [3.63, 3.8) is 0 Å². The zero-order valence-electron chi connectivity index (χ0n) is 7.01. The molecule has 0 bridgehead atoms. The molecule has 0 radical (unpaired) electrons. The summed E-state index contributed by atoms with van der Waals surface area (Å²) in [6, 6.07) is 2.79. The van der Waals surface area contributed by atoms with Gasteiger partial charge in [-0.05, 0) is 6.07 Å². The van der Waals surface area contributed by atoms with Gasteiger partial charge in [0.15, 0.2) is 0 Å². The number of carboxylic acids is 1. The van der Waals surface area contributed by atoms with Gasteiger partial charge in [0.05, 0.1) is 11.0 Å². The third kappa shape index (κ3) is 2.50. The molecular weight excluding hydrogens is 243 g/mol. The predicted molar refractivity (Wildman–Crippen MR) is 41.7 cm³/mol. The van der Waals surface area contributed by atoms with Crippen LogP contribution in [0.25, 0.3) is 0 Å². The Morgan fingerprint density at radius 2 is 2.00 bits per heavy atom. The van der Waals surface area contributed by atoms with Gasteiger partial charge in [0.1, 0.15) is 11.3 Å². The summed E-state index contributed by atoms with van der Waals surface area (Å²) in [6.07, 6.45) is 0. The minimum Gasteiger partial charge on any atom is -0.507 e. The van der Waals surface area contributed by atoms with Crippen LogP contribution in [0.3, 0.4) is 0 Å². The molecule has 0 unspecified atom stereocenters. The molecular formula is C7H5NO5Zn. The van der Waals surface area contributed by atoms with Gasteiger partial charge in [-0.15, -0.1) is 0 Å². The number of non-ortho nitro benzene ring substituents is 1. The third-order valence-electron chi connectivity index (χ3n) is 1.42. The van der Waals surface area contributed by atoms with Gasteiger partial charge in [-0.1, -0.05) is 0 Å². The van der Waals surface area contributed by atoms with Crippen molar-refractivity contribution in [1.82, 2.24) is 0 Å². The van der Waals surface area contributed by atoms with E-state index in [9.17, 15) is 14.9 Å². The van der Waals surface area contributed by atoms with Crippen LogP contribution in [0, 0.1) is 10.1 Å². The first-order valence-electron chi connectivity index (χ1n) is 3.23. The molecule has 0 aliphatic carbocycles. The summed E-state index contributed by atoms with van der Waals surface area (Å²) in [4.78, 5) is 19.8. The molecule has 0 spiro atoms. The molecule has 0 saturated heterocycles. The minimum atomic E-state index is -1.33.